The smallest absolute Gasteiger partial charge is 0.0965 e. The van der Waals surface area contributed by atoms with Crippen LogP contribution in [-0.2, 0) is 6.54 Å². The maximum absolute atomic E-state index is 4.46. The number of rotatable bonds is 2. The van der Waals surface area contributed by atoms with Crippen LogP contribution in [-0.4, -0.2) is 12.4 Å². The van der Waals surface area contributed by atoms with E-state index in [2.05, 4.69) is 50.5 Å². The summed E-state index contributed by atoms with van der Waals surface area (Å²) < 4.78 is 1.13. The lowest BCUT2D eigenvalue weighted by Crippen LogP contribution is -2.25. The van der Waals surface area contributed by atoms with Crippen molar-refractivity contribution in [1.29, 1.82) is 0 Å². The predicted octanol–water partition coefficient (Wildman–Crippen LogP) is 3.12. The minimum absolute atomic E-state index is 0.881. The molecule has 1 N–H and O–H groups in total. The zero-order valence-electron chi connectivity index (χ0n) is 8.67. The third-order valence-electron chi connectivity index (χ3n) is 2.53. The molecule has 0 bridgehead atoms. The van der Waals surface area contributed by atoms with Crippen molar-refractivity contribution >= 4 is 21.8 Å². The van der Waals surface area contributed by atoms with Gasteiger partial charge >= 0.3 is 0 Å². The Hall–Kier alpha value is -0.830. The molecule has 0 atom stereocenters. The summed E-state index contributed by atoms with van der Waals surface area (Å²) >= 11 is 3.43. The first kappa shape index (κ1) is 10.7. The van der Waals surface area contributed by atoms with Crippen LogP contribution in [0.4, 0.5) is 0 Å². The molecule has 0 saturated carbocycles. The maximum Gasteiger partial charge on any atom is 0.0965 e. The number of aliphatic imine (C=N–C) groups is 1. The normalized spacial score (nSPS) is 15.9. The summed E-state index contributed by atoms with van der Waals surface area (Å²) in [6, 6.07) is 8.39. The van der Waals surface area contributed by atoms with Crippen molar-refractivity contribution in [1.82, 2.24) is 5.32 Å². The van der Waals surface area contributed by atoms with Crippen molar-refractivity contribution in [3.05, 3.63) is 34.3 Å². The predicted molar refractivity (Wildman–Crippen MR) is 67.1 cm³/mol. The van der Waals surface area contributed by atoms with Gasteiger partial charge in [-0.25, -0.2) is 0 Å². The highest BCUT2D eigenvalue weighted by atomic mass is 79.9. The molecule has 0 saturated heterocycles. The lowest BCUT2D eigenvalue weighted by Gasteiger charge is -2.13. The average Bonchev–Trinajstić information content (AvgIpc) is 2.30. The molecule has 2 nitrogen and oxygen atoms in total. The van der Waals surface area contributed by atoms with Gasteiger partial charge in [-0.1, -0.05) is 28.1 Å². The molecule has 0 aliphatic carbocycles. The van der Waals surface area contributed by atoms with Crippen molar-refractivity contribution in [3.8, 4) is 0 Å². The number of nitrogens with zero attached hydrogens (tertiary/aromatic N) is 1. The molecule has 0 spiro atoms. The van der Waals surface area contributed by atoms with Crippen LogP contribution in [0.25, 0.3) is 0 Å². The summed E-state index contributed by atoms with van der Waals surface area (Å²) in [5.41, 5.74) is 1.30. The Morgan fingerprint density at radius 3 is 2.67 bits per heavy atom. The number of halogens is 1. The highest BCUT2D eigenvalue weighted by Crippen LogP contribution is 2.11. The minimum atomic E-state index is 0.881. The van der Waals surface area contributed by atoms with Gasteiger partial charge in [0, 0.05) is 24.0 Å². The van der Waals surface area contributed by atoms with Gasteiger partial charge in [-0.3, -0.25) is 4.99 Å². The van der Waals surface area contributed by atoms with Gasteiger partial charge in [0.15, 0.2) is 0 Å². The highest BCUT2D eigenvalue weighted by Gasteiger charge is 2.03. The van der Waals surface area contributed by atoms with Crippen molar-refractivity contribution in [2.24, 2.45) is 4.99 Å². The number of nitrogens with one attached hydrogen (secondary N) is 1. The van der Waals surface area contributed by atoms with E-state index in [9.17, 15) is 0 Å². The molecule has 1 aliphatic rings. The molecule has 1 heterocycles. The lowest BCUT2D eigenvalue weighted by atomic mass is 10.1. The van der Waals surface area contributed by atoms with Crippen LogP contribution in [0.3, 0.4) is 0 Å². The van der Waals surface area contributed by atoms with Crippen molar-refractivity contribution in [2.75, 3.05) is 6.54 Å². The molecule has 2 rings (SSSR count). The Balaban J connectivity index is 1.87. The number of hydrogen-bond donors (Lipinski definition) is 1. The van der Waals surface area contributed by atoms with Gasteiger partial charge < -0.3 is 5.32 Å². The van der Waals surface area contributed by atoms with Crippen LogP contribution in [0.1, 0.15) is 24.8 Å². The van der Waals surface area contributed by atoms with E-state index in [1.807, 2.05) is 0 Å². The summed E-state index contributed by atoms with van der Waals surface area (Å²) in [5.74, 6) is 1.17. The molecule has 1 aromatic carbocycles. The monoisotopic (exact) mass is 266 g/mol. The van der Waals surface area contributed by atoms with Gasteiger partial charge in [-0.2, -0.15) is 0 Å². The Bertz CT molecular complexity index is 343. The minimum Gasteiger partial charge on any atom is -0.370 e. The molecule has 0 radical (unpaired) electrons. The second kappa shape index (κ2) is 5.31. The third kappa shape index (κ3) is 3.34. The highest BCUT2D eigenvalue weighted by molar-refractivity contribution is 9.10. The maximum atomic E-state index is 4.46. The van der Waals surface area contributed by atoms with Crippen molar-refractivity contribution in [3.63, 3.8) is 0 Å². The topological polar surface area (TPSA) is 24.4 Å². The van der Waals surface area contributed by atoms with Crippen molar-refractivity contribution in [2.45, 2.75) is 25.8 Å². The molecule has 0 fully saturated rings. The summed E-state index contributed by atoms with van der Waals surface area (Å²) in [7, 11) is 0. The van der Waals surface area contributed by atoms with Gasteiger partial charge in [0.2, 0.25) is 0 Å². The van der Waals surface area contributed by atoms with Gasteiger partial charge in [-0.05, 0) is 30.5 Å². The SMILES string of the molecule is Brc1ccc(CNC2=NCCCC2)cc1. The zero-order valence-corrected chi connectivity index (χ0v) is 10.3. The Labute approximate surface area is 98.9 Å². The van der Waals surface area contributed by atoms with Gasteiger partial charge in [0.25, 0.3) is 0 Å². The van der Waals surface area contributed by atoms with E-state index < -0.39 is 0 Å². The van der Waals surface area contributed by atoms with E-state index in [4.69, 9.17) is 0 Å². The largest absolute Gasteiger partial charge is 0.370 e. The summed E-state index contributed by atoms with van der Waals surface area (Å²) in [6.07, 6.45) is 3.62. The number of hydrogen-bond acceptors (Lipinski definition) is 2. The molecule has 15 heavy (non-hydrogen) atoms. The standard InChI is InChI=1S/C12H15BrN2/c13-11-6-4-10(5-7-11)9-15-12-3-1-2-8-14-12/h4-7H,1-3,8-9H2,(H,14,15). The van der Waals surface area contributed by atoms with Crippen LogP contribution in [0.15, 0.2) is 33.7 Å². The van der Waals surface area contributed by atoms with E-state index in [1.165, 1.54) is 24.2 Å². The fourth-order valence-electron chi connectivity index (χ4n) is 1.65. The first-order valence-corrected chi connectivity index (χ1v) is 6.15. The van der Waals surface area contributed by atoms with Crippen LogP contribution < -0.4 is 5.32 Å². The second-order valence-electron chi connectivity index (χ2n) is 3.77. The van der Waals surface area contributed by atoms with E-state index in [0.717, 1.165) is 24.0 Å². The van der Waals surface area contributed by atoms with Crippen LogP contribution in [0.2, 0.25) is 0 Å². The summed E-state index contributed by atoms with van der Waals surface area (Å²) in [5, 5.41) is 3.39. The summed E-state index contributed by atoms with van der Waals surface area (Å²) in [4.78, 5) is 4.46. The Morgan fingerprint density at radius 2 is 2.00 bits per heavy atom. The van der Waals surface area contributed by atoms with Gasteiger partial charge in [0.05, 0.1) is 5.84 Å². The first-order valence-electron chi connectivity index (χ1n) is 5.36. The Morgan fingerprint density at radius 1 is 1.20 bits per heavy atom. The number of benzene rings is 1. The van der Waals surface area contributed by atoms with Crippen LogP contribution in [0.5, 0.6) is 0 Å². The molecule has 3 heteroatoms. The quantitative estimate of drug-likeness (QED) is 0.874. The second-order valence-corrected chi connectivity index (χ2v) is 4.68. The molecule has 0 amide bonds. The fraction of sp³-hybridized carbons (Fsp3) is 0.417. The van der Waals surface area contributed by atoms with E-state index >= 15 is 0 Å². The molecule has 0 unspecified atom stereocenters. The fourth-order valence-corrected chi connectivity index (χ4v) is 1.91. The molecule has 80 valence electrons. The van der Waals surface area contributed by atoms with E-state index in [1.54, 1.807) is 0 Å². The van der Waals surface area contributed by atoms with Crippen LogP contribution >= 0.6 is 15.9 Å². The molecular weight excluding hydrogens is 252 g/mol. The third-order valence-corrected chi connectivity index (χ3v) is 3.06. The lowest BCUT2D eigenvalue weighted by molar-refractivity contribution is 0.706. The first-order chi connectivity index (χ1) is 7.34. The molecule has 1 aliphatic heterocycles. The zero-order chi connectivity index (χ0) is 10.5. The van der Waals surface area contributed by atoms with E-state index in [-0.39, 0.29) is 0 Å². The summed E-state index contributed by atoms with van der Waals surface area (Å²) in [6.45, 7) is 1.87. The molecule has 0 aromatic heterocycles. The molecular formula is C12H15BrN2. The van der Waals surface area contributed by atoms with E-state index in [0.29, 0.717) is 0 Å². The van der Waals surface area contributed by atoms with Gasteiger partial charge in [0.1, 0.15) is 0 Å². The van der Waals surface area contributed by atoms with Crippen molar-refractivity contribution < 1.29 is 0 Å². The van der Waals surface area contributed by atoms with Crippen LogP contribution in [0, 0.1) is 0 Å². The average molecular weight is 267 g/mol. The molecule has 1 aromatic rings. The van der Waals surface area contributed by atoms with Gasteiger partial charge in [-0.15, -0.1) is 0 Å². The Kier molecular flexibility index (Phi) is 3.78. The number of amidine groups is 1.